The van der Waals surface area contributed by atoms with Crippen LogP contribution in [0.4, 0.5) is 0 Å². The van der Waals surface area contributed by atoms with Crippen LogP contribution < -0.4 is 15.2 Å². The SMILES string of the molecule is Cc1c(C(N)CCC(=O)O)ccc2c1OCCCO2. The molecule has 3 N–H and O–H groups in total. The Balaban J connectivity index is 2.22. The van der Waals surface area contributed by atoms with Crippen molar-refractivity contribution in [2.45, 2.75) is 32.2 Å². The highest BCUT2D eigenvalue weighted by atomic mass is 16.5. The normalized spacial score (nSPS) is 15.7. The van der Waals surface area contributed by atoms with Crippen LogP contribution >= 0.6 is 0 Å². The molecule has 0 fully saturated rings. The molecule has 0 bridgehead atoms. The van der Waals surface area contributed by atoms with Crippen LogP contribution in [0.3, 0.4) is 0 Å². The quantitative estimate of drug-likeness (QED) is 0.870. The van der Waals surface area contributed by atoms with Gasteiger partial charge < -0.3 is 20.3 Å². The lowest BCUT2D eigenvalue weighted by Crippen LogP contribution is -2.14. The standard InChI is InChI=1S/C14H19NO4/c1-9-10(11(15)4-6-13(16)17)3-5-12-14(9)19-8-2-7-18-12/h3,5,11H,2,4,6-8,15H2,1H3,(H,16,17). The molecule has 1 aliphatic rings. The Hall–Kier alpha value is -1.75. The summed E-state index contributed by atoms with van der Waals surface area (Å²) < 4.78 is 11.3. The van der Waals surface area contributed by atoms with Crippen molar-refractivity contribution in [1.82, 2.24) is 0 Å². The number of rotatable bonds is 4. The molecule has 1 aliphatic heterocycles. The molecule has 2 rings (SSSR count). The van der Waals surface area contributed by atoms with Gasteiger partial charge in [0.25, 0.3) is 0 Å². The summed E-state index contributed by atoms with van der Waals surface area (Å²) in [6.07, 6.45) is 1.33. The molecular weight excluding hydrogens is 246 g/mol. The molecule has 1 atom stereocenters. The van der Waals surface area contributed by atoms with Crippen LogP contribution in [0.1, 0.15) is 36.4 Å². The first-order valence-corrected chi connectivity index (χ1v) is 6.46. The molecule has 19 heavy (non-hydrogen) atoms. The third-order valence-corrected chi connectivity index (χ3v) is 3.27. The maximum atomic E-state index is 10.6. The van der Waals surface area contributed by atoms with Gasteiger partial charge in [-0.1, -0.05) is 6.07 Å². The molecule has 1 heterocycles. The summed E-state index contributed by atoms with van der Waals surface area (Å²) in [6, 6.07) is 3.45. The van der Waals surface area contributed by atoms with Gasteiger partial charge in [-0.2, -0.15) is 0 Å². The minimum atomic E-state index is -0.831. The average Bonchev–Trinajstić information content (AvgIpc) is 2.62. The first kappa shape index (κ1) is 13.7. The van der Waals surface area contributed by atoms with Crippen LogP contribution in [0.25, 0.3) is 0 Å². The zero-order chi connectivity index (χ0) is 13.8. The maximum absolute atomic E-state index is 10.6. The van der Waals surface area contributed by atoms with E-state index < -0.39 is 5.97 Å². The second-order valence-electron chi connectivity index (χ2n) is 4.70. The van der Waals surface area contributed by atoms with Crippen molar-refractivity contribution in [2.24, 2.45) is 5.73 Å². The van der Waals surface area contributed by atoms with Crippen LogP contribution in [0.2, 0.25) is 0 Å². The van der Waals surface area contributed by atoms with Gasteiger partial charge >= 0.3 is 5.97 Å². The summed E-state index contributed by atoms with van der Waals surface area (Å²) in [5.41, 5.74) is 7.92. The van der Waals surface area contributed by atoms with Gasteiger partial charge in [0.2, 0.25) is 0 Å². The van der Waals surface area contributed by atoms with Crippen LogP contribution in [0, 0.1) is 6.92 Å². The number of benzene rings is 1. The van der Waals surface area contributed by atoms with Crippen molar-refractivity contribution in [3.05, 3.63) is 23.3 Å². The first-order valence-electron chi connectivity index (χ1n) is 6.46. The van der Waals surface area contributed by atoms with Gasteiger partial charge in [-0.15, -0.1) is 0 Å². The lowest BCUT2D eigenvalue weighted by Gasteiger charge is -2.18. The molecule has 104 valence electrons. The van der Waals surface area contributed by atoms with E-state index in [0.29, 0.717) is 19.6 Å². The lowest BCUT2D eigenvalue weighted by molar-refractivity contribution is -0.137. The zero-order valence-corrected chi connectivity index (χ0v) is 11.0. The minimum Gasteiger partial charge on any atom is -0.490 e. The second kappa shape index (κ2) is 5.93. The fourth-order valence-corrected chi connectivity index (χ4v) is 2.23. The summed E-state index contributed by atoms with van der Waals surface area (Å²) in [5.74, 6) is 0.646. The monoisotopic (exact) mass is 265 g/mol. The second-order valence-corrected chi connectivity index (χ2v) is 4.70. The van der Waals surface area contributed by atoms with Gasteiger partial charge in [0.1, 0.15) is 0 Å². The van der Waals surface area contributed by atoms with Crippen molar-refractivity contribution in [1.29, 1.82) is 0 Å². The first-order chi connectivity index (χ1) is 9.09. The Morgan fingerprint density at radius 2 is 2.16 bits per heavy atom. The highest BCUT2D eigenvalue weighted by Gasteiger charge is 2.19. The molecule has 1 aromatic rings. The number of nitrogens with two attached hydrogens (primary N) is 1. The van der Waals surface area contributed by atoms with Crippen LogP contribution in [0.15, 0.2) is 12.1 Å². The van der Waals surface area contributed by atoms with E-state index in [2.05, 4.69) is 0 Å². The number of ether oxygens (including phenoxy) is 2. The molecule has 0 aromatic heterocycles. The molecule has 1 aromatic carbocycles. The molecule has 0 amide bonds. The van der Waals surface area contributed by atoms with Gasteiger partial charge in [0.05, 0.1) is 13.2 Å². The maximum Gasteiger partial charge on any atom is 0.303 e. The van der Waals surface area contributed by atoms with Crippen molar-refractivity contribution in [3.8, 4) is 11.5 Å². The topological polar surface area (TPSA) is 81.8 Å². The van der Waals surface area contributed by atoms with E-state index in [-0.39, 0.29) is 12.5 Å². The third kappa shape index (κ3) is 3.17. The summed E-state index contributed by atoms with van der Waals surface area (Å²) in [5, 5.41) is 8.71. The van der Waals surface area contributed by atoms with Crippen molar-refractivity contribution >= 4 is 5.97 Å². The summed E-state index contributed by atoms with van der Waals surface area (Å²) in [7, 11) is 0. The minimum absolute atomic E-state index is 0.0645. The number of fused-ring (bicyclic) bond motifs is 1. The predicted octanol–water partition coefficient (Wildman–Crippen LogP) is 2.02. The average molecular weight is 265 g/mol. The molecule has 0 aliphatic carbocycles. The number of carboxylic acid groups (broad SMARTS) is 1. The van der Waals surface area contributed by atoms with Gasteiger partial charge in [0, 0.05) is 18.9 Å². The van der Waals surface area contributed by atoms with Crippen molar-refractivity contribution in [2.75, 3.05) is 13.2 Å². The Morgan fingerprint density at radius 3 is 2.89 bits per heavy atom. The Kier molecular flexibility index (Phi) is 4.27. The molecule has 0 saturated carbocycles. The Morgan fingerprint density at radius 1 is 1.42 bits per heavy atom. The number of aliphatic carboxylic acids is 1. The molecular formula is C14H19NO4. The highest BCUT2D eigenvalue weighted by molar-refractivity contribution is 5.66. The molecule has 1 unspecified atom stereocenters. The molecule has 5 heteroatoms. The molecule has 0 saturated heterocycles. The number of hydrogen-bond acceptors (Lipinski definition) is 4. The number of hydrogen-bond donors (Lipinski definition) is 2. The van der Waals surface area contributed by atoms with Gasteiger partial charge in [-0.05, 0) is 30.5 Å². The summed E-state index contributed by atoms with van der Waals surface area (Å²) in [6.45, 7) is 3.21. The Bertz CT molecular complexity index is 473. The van der Waals surface area contributed by atoms with Crippen molar-refractivity contribution < 1.29 is 19.4 Å². The molecule has 0 spiro atoms. The lowest BCUT2D eigenvalue weighted by atomic mass is 9.97. The fraction of sp³-hybridized carbons (Fsp3) is 0.500. The smallest absolute Gasteiger partial charge is 0.303 e. The summed E-state index contributed by atoms with van der Waals surface area (Å²) >= 11 is 0. The number of carbonyl (C=O) groups is 1. The summed E-state index contributed by atoms with van der Waals surface area (Å²) in [4.78, 5) is 10.6. The van der Waals surface area contributed by atoms with Crippen LogP contribution in [-0.2, 0) is 4.79 Å². The van der Waals surface area contributed by atoms with Gasteiger partial charge in [-0.25, -0.2) is 0 Å². The largest absolute Gasteiger partial charge is 0.490 e. The highest BCUT2D eigenvalue weighted by Crippen LogP contribution is 2.37. The van der Waals surface area contributed by atoms with E-state index in [1.807, 2.05) is 19.1 Å². The van der Waals surface area contributed by atoms with E-state index in [1.165, 1.54) is 0 Å². The zero-order valence-electron chi connectivity index (χ0n) is 11.0. The van der Waals surface area contributed by atoms with Crippen molar-refractivity contribution in [3.63, 3.8) is 0 Å². The van der Waals surface area contributed by atoms with E-state index in [1.54, 1.807) is 0 Å². The van der Waals surface area contributed by atoms with E-state index in [4.69, 9.17) is 20.3 Å². The van der Waals surface area contributed by atoms with Crippen LogP contribution in [0.5, 0.6) is 11.5 Å². The third-order valence-electron chi connectivity index (χ3n) is 3.27. The van der Waals surface area contributed by atoms with Gasteiger partial charge in [-0.3, -0.25) is 4.79 Å². The van der Waals surface area contributed by atoms with E-state index >= 15 is 0 Å². The molecule has 5 nitrogen and oxygen atoms in total. The number of carboxylic acids is 1. The van der Waals surface area contributed by atoms with Crippen LogP contribution in [-0.4, -0.2) is 24.3 Å². The van der Waals surface area contributed by atoms with E-state index in [0.717, 1.165) is 29.0 Å². The van der Waals surface area contributed by atoms with E-state index in [9.17, 15) is 4.79 Å². The van der Waals surface area contributed by atoms with Gasteiger partial charge in [0.15, 0.2) is 11.5 Å². The fourth-order valence-electron chi connectivity index (χ4n) is 2.23. The Labute approximate surface area is 112 Å². The molecule has 0 radical (unpaired) electrons. The predicted molar refractivity (Wildman–Crippen MR) is 70.6 cm³/mol.